The molecule has 4 rings (SSSR count). The molecule has 27 heavy (non-hydrogen) atoms. The van der Waals surface area contributed by atoms with Crippen LogP contribution >= 0.6 is 22.6 Å². The summed E-state index contributed by atoms with van der Waals surface area (Å²) in [5.41, 5.74) is 0.890. The quantitative estimate of drug-likeness (QED) is 0.500. The van der Waals surface area contributed by atoms with Crippen LogP contribution in [0, 0.1) is 9.39 Å². The summed E-state index contributed by atoms with van der Waals surface area (Å²) in [7, 11) is 0. The van der Waals surface area contributed by atoms with Crippen molar-refractivity contribution in [1.29, 1.82) is 0 Å². The number of anilines is 1. The molecule has 2 bridgehead atoms. The van der Waals surface area contributed by atoms with Crippen molar-refractivity contribution in [3.8, 4) is 17.3 Å². The van der Waals surface area contributed by atoms with Crippen molar-refractivity contribution in [3.63, 3.8) is 0 Å². The summed E-state index contributed by atoms with van der Waals surface area (Å²) in [6.07, 6.45) is 3.21. The summed E-state index contributed by atoms with van der Waals surface area (Å²) in [6, 6.07) is 8.02. The number of hydrogen-bond acceptors (Lipinski definition) is 5. The van der Waals surface area contributed by atoms with Gasteiger partial charge in [-0.3, -0.25) is 4.79 Å². The van der Waals surface area contributed by atoms with Crippen LogP contribution in [0.15, 0.2) is 36.7 Å². The summed E-state index contributed by atoms with van der Waals surface area (Å²) in [6.45, 7) is 1.08. The Bertz CT molecular complexity index is 1010. The number of carbonyl (C=O) groups excluding carboxylic acids is 1. The van der Waals surface area contributed by atoms with Gasteiger partial charge in [0, 0.05) is 16.2 Å². The van der Waals surface area contributed by atoms with E-state index >= 15 is 0 Å². The molecule has 0 atom stereocenters. The van der Waals surface area contributed by atoms with E-state index in [-0.39, 0.29) is 11.3 Å². The van der Waals surface area contributed by atoms with Crippen molar-refractivity contribution < 1.29 is 13.9 Å². The molecule has 1 aromatic carbocycles. The predicted octanol–water partition coefficient (Wildman–Crippen LogP) is 3.51. The van der Waals surface area contributed by atoms with E-state index in [2.05, 4.69) is 20.5 Å². The maximum Gasteiger partial charge on any atom is 0.260 e. The molecule has 2 aromatic heterocycles. The first-order chi connectivity index (χ1) is 13.1. The molecular weight excluding hydrogens is 464 g/mol. The fourth-order valence-corrected chi connectivity index (χ4v) is 3.29. The molecule has 1 aliphatic rings. The van der Waals surface area contributed by atoms with Crippen LogP contribution in [0.5, 0.6) is 5.75 Å². The zero-order valence-electron chi connectivity index (χ0n) is 14.2. The van der Waals surface area contributed by atoms with Gasteiger partial charge >= 0.3 is 0 Å². The number of amides is 1. The van der Waals surface area contributed by atoms with Crippen LogP contribution < -0.4 is 10.1 Å². The van der Waals surface area contributed by atoms with Gasteiger partial charge in [0.05, 0.1) is 12.2 Å². The standard InChI is InChI=1S/C18H15FIN5O2/c19-12-9-15-11(8-13(12)20)18(26)23-16-5-3-4-14(22-16)17-24-21-10-25(17)6-1-2-7-27-15/h3-5,8-10H,1-2,6-7H2,(H,22,23,26). The van der Waals surface area contributed by atoms with E-state index in [0.29, 0.717) is 34.1 Å². The van der Waals surface area contributed by atoms with Crippen LogP contribution in [0.25, 0.3) is 11.5 Å². The molecule has 1 amide bonds. The maximum absolute atomic E-state index is 14.0. The number of carbonyl (C=O) groups is 1. The molecule has 1 N–H and O–H groups in total. The number of benzene rings is 1. The van der Waals surface area contributed by atoms with E-state index in [0.717, 1.165) is 12.8 Å². The maximum atomic E-state index is 14.0. The number of aryl methyl sites for hydroxylation is 1. The van der Waals surface area contributed by atoms with Crippen LogP contribution in [0.2, 0.25) is 0 Å². The fourth-order valence-electron chi connectivity index (χ4n) is 2.82. The number of rotatable bonds is 0. The van der Waals surface area contributed by atoms with E-state index in [9.17, 15) is 9.18 Å². The molecular formula is C18H15FIN5O2. The number of ether oxygens (including phenoxy) is 1. The average molecular weight is 479 g/mol. The highest BCUT2D eigenvalue weighted by Crippen LogP contribution is 2.26. The van der Waals surface area contributed by atoms with E-state index < -0.39 is 11.7 Å². The molecule has 0 unspecified atom stereocenters. The molecule has 9 heteroatoms. The topological polar surface area (TPSA) is 81.9 Å². The summed E-state index contributed by atoms with van der Waals surface area (Å²) in [5.74, 6) is 0.405. The van der Waals surface area contributed by atoms with Gasteiger partial charge in [-0.2, -0.15) is 0 Å². The first kappa shape index (κ1) is 17.8. The number of halogens is 2. The first-order valence-electron chi connectivity index (χ1n) is 8.40. The lowest BCUT2D eigenvalue weighted by molar-refractivity contribution is 0.102. The molecule has 0 radical (unpaired) electrons. The third-order valence-corrected chi connectivity index (χ3v) is 4.98. The van der Waals surface area contributed by atoms with E-state index in [1.807, 2.05) is 33.2 Å². The van der Waals surface area contributed by atoms with Crippen molar-refractivity contribution in [3.05, 3.63) is 51.6 Å². The second-order valence-corrected chi connectivity index (χ2v) is 7.19. The van der Waals surface area contributed by atoms with Crippen molar-refractivity contribution in [2.75, 3.05) is 11.9 Å². The third-order valence-electron chi connectivity index (χ3n) is 4.15. The molecule has 7 nitrogen and oxygen atoms in total. The summed E-state index contributed by atoms with van der Waals surface area (Å²) < 4.78 is 21.9. The second kappa shape index (κ2) is 7.59. The molecule has 1 aliphatic heterocycles. The van der Waals surface area contributed by atoms with E-state index in [1.54, 1.807) is 18.5 Å². The number of nitrogens with one attached hydrogen (secondary N) is 1. The Labute approximate surface area is 168 Å². The van der Waals surface area contributed by atoms with Gasteiger partial charge < -0.3 is 14.6 Å². The Morgan fingerprint density at radius 3 is 3.04 bits per heavy atom. The van der Waals surface area contributed by atoms with Crippen LogP contribution in [0.3, 0.4) is 0 Å². The normalized spacial score (nSPS) is 14.4. The minimum absolute atomic E-state index is 0.226. The van der Waals surface area contributed by atoms with Crippen LogP contribution in [-0.2, 0) is 6.54 Å². The van der Waals surface area contributed by atoms with Gasteiger partial charge in [0.15, 0.2) is 5.82 Å². The minimum Gasteiger partial charge on any atom is -0.493 e. The molecule has 3 aromatic rings. The summed E-state index contributed by atoms with van der Waals surface area (Å²) in [4.78, 5) is 17.2. The highest BCUT2D eigenvalue weighted by Gasteiger charge is 2.18. The first-order valence-corrected chi connectivity index (χ1v) is 9.48. The van der Waals surface area contributed by atoms with Gasteiger partial charge in [0.2, 0.25) is 0 Å². The molecule has 0 fully saturated rings. The molecule has 0 saturated heterocycles. The van der Waals surface area contributed by atoms with Crippen molar-refractivity contribution in [2.45, 2.75) is 19.4 Å². The molecule has 3 heterocycles. The van der Waals surface area contributed by atoms with E-state index in [1.165, 1.54) is 12.1 Å². The van der Waals surface area contributed by atoms with Crippen molar-refractivity contribution in [1.82, 2.24) is 19.7 Å². The lowest BCUT2D eigenvalue weighted by atomic mass is 10.1. The Hall–Kier alpha value is -2.56. The van der Waals surface area contributed by atoms with Crippen molar-refractivity contribution in [2.24, 2.45) is 0 Å². The van der Waals surface area contributed by atoms with Gasteiger partial charge in [-0.25, -0.2) is 9.37 Å². The van der Waals surface area contributed by atoms with Gasteiger partial charge in [0.1, 0.15) is 29.4 Å². The van der Waals surface area contributed by atoms with Crippen LogP contribution in [-0.4, -0.2) is 32.3 Å². The molecule has 0 saturated carbocycles. The fraction of sp³-hybridized carbons (Fsp3) is 0.222. The van der Waals surface area contributed by atoms with Gasteiger partial charge in [-0.15, -0.1) is 10.2 Å². The Morgan fingerprint density at radius 1 is 1.26 bits per heavy atom. The highest BCUT2D eigenvalue weighted by atomic mass is 127. The van der Waals surface area contributed by atoms with Gasteiger partial charge in [0.25, 0.3) is 5.91 Å². The lowest BCUT2D eigenvalue weighted by Gasteiger charge is -2.14. The third kappa shape index (κ3) is 3.77. The molecule has 0 aliphatic carbocycles. The average Bonchev–Trinajstić information content (AvgIpc) is 3.12. The number of pyridine rings is 1. The monoisotopic (exact) mass is 479 g/mol. The lowest BCUT2D eigenvalue weighted by Crippen LogP contribution is -2.16. The number of aromatic nitrogens is 4. The molecule has 0 spiro atoms. The zero-order valence-corrected chi connectivity index (χ0v) is 16.3. The van der Waals surface area contributed by atoms with Gasteiger partial charge in [-0.05, 0) is 53.6 Å². The summed E-state index contributed by atoms with van der Waals surface area (Å²) >= 11 is 1.85. The molecule has 138 valence electrons. The Balaban J connectivity index is 1.75. The van der Waals surface area contributed by atoms with Crippen LogP contribution in [0.1, 0.15) is 23.2 Å². The second-order valence-electron chi connectivity index (χ2n) is 6.03. The smallest absolute Gasteiger partial charge is 0.260 e. The Morgan fingerprint density at radius 2 is 2.15 bits per heavy atom. The predicted molar refractivity (Wildman–Crippen MR) is 105 cm³/mol. The summed E-state index contributed by atoms with van der Waals surface area (Å²) in [5, 5.41) is 10.9. The highest BCUT2D eigenvalue weighted by molar-refractivity contribution is 14.1. The van der Waals surface area contributed by atoms with Crippen LogP contribution in [0.4, 0.5) is 10.2 Å². The number of nitrogens with zero attached hydrogens (tertiary/aromatic N) is 4. The zero-order chi connectivity index (χ0) is 18.8. The largest absolute Gasteiger partial charge is 0.493 e. The number of hydrogen-bond donors (Lipinski definition) is 1. The SMILES string of the molecule is O=C1Nc2cccc(n2)-c2nncn2CCCCOc2cc(F)c(I)cc21. The number of fused-ring (bicyclic) bond motifs is 5. The van der Waals surface area contributed by atoms with E-state index in [4.69, 9.17) is 4.74 Å². The van der Waals surface area contributed by atoms with Gasteiger partial charge in [-0.1, -0.05) is 6.07 Å². The Kier molecular flexibility index (Phi) is 5.01. The van der Waals surface area contributed by atoms with Crippen molar-refractivity contribution >= 4 is 34.3 Å². The minimum atomic E-state index is -0.419.